The average Bonchev–Trinajstić information content (AvgIpc) is 2.96. The first-order chi connectivity index (χ1) is 18.7. The Bertz CT molecular complexity index is 1060. The largest absolute Gasteiger partial charge is 0.299 e. The van der Waals surface area contributed by atoms with Crippen LogP contribution in [0.1, 0.15) is 93.5 Å². The molecule has 0 heterocycles. The minimum Gasteiger partial charge on any atom is -0.299 e. The zero-order chi connectivity index (χ0) is 29.3. The normalized spacial score (nSPS) is 16.2. The van der Waals surface area contributed by atoms with Gasteiger partial charge in [-0.25, -0.2) is 0 Å². The maximum absolute atomic E-state index is 11.9. The fourth-order valence-electron chi connectivity index (χ4n) is 4.80. The van der Waals surface area contributed by atoms with Crippen molar-refractivity contribution < 1.29 is 4.79 Å². The Labute approximate surface area is 240 Å². The molecule has 0 N–H and O–H groups in total. The molecule has 1 aliphatic rings. The van der Waals surface area contributed by atoms with E-state index in [1.165, 1.54) is 42.4 Å². The lowest BCUT2D eigenvalue weighted by Crippen LogP contribution is -2.14. The topological polar surface area (TPSA) is 17.1 Å². The van der Waals surface area contributed by atoms with Gasteiger partial charge in [-0.1, -0.05) is 125 Å². The van der Waals surface area contributed by atoms with Crippen LogP contribution in [0.2, 0.25) is 0 Å². The van der Waals surface area contributed by atoms with Gasteiger partial charge in [-0.2, -0.15) is 0 Å². The summed E-state index contributed by atoms with van der Waals surface area (Å²) in [7, 11) is 0. The highest BCUT2D eigenvalue weighted by Crippen LogP contribution is 2.36. The van der Waals surface area contributed by atoms with Gasteiger partial charge in [0.1, 0.15) is 5.78 Å². The molecule has 1 fully saturated rings. The minimum absolute atomic E-state index is 0.276. The van der Waals surface area contributed by atoms with Gasteiger partial charge in [-0.15, -0.1) is 26.3 Å². The van der Waals surface area contributed by atoms with E-state index in [2.05, 4.69) is 109 Å². The van der Waals surface area contributed by atoms with Gasteiger partial charge >= 0.3 is 0 Å². The van der Waals surface area contributed by atoms with E-state index in [0.717, 1.165) is 23.8 Å². The predicted molar refractivity (Wildman–Crippen MR) is 173 cm³/mol. The van der Waals surface area contributed by atoms with Crippen LogP contribution in [0.5, 0.6) is 0 Å². The Hall–Kier alpha value is -3.19. The third kappa shape index (κ3) is 12.9. The van der Waals surface area contributed by atoms with Crippen molar-refractivity contribution in [3.8, 4) is 0 Å². The molecular formula is C38H52O. The zero-order valence-corrected chi connectivity index (χ0v) is 25.3. The Morgan fingerprint density at radius 3 is 1.92 bits per heavy atom. The summed E-state index contributed by atoms with van der Waals surface area (Å²) in [5, 5.41) is 0. The molecule has 0 aromatic heterocycles. The first-order valence-electron chi connectivity index (χ1n) is 14.4. The van der Waals surface area contributed by atoms with Gasteiger partial charge in [-0.3, -0.25) is 4.79 Å². The Morgan fingerprint density at radius 2 is 1.36 bits per heavy atom. The molecule has 0 bridgehead atoms. The summed E-state index contributed by atoms with van der Waals surface area (Å²) in [6, 6.07) is 27.6. The molecule has 0 spiro atoms. The molecule has 1 nitrogen and oxygen atoms in total. The molecule has 0 unspecified atom stereocenters. The minimum atomic E-state index is 0.276. The quantitative estimate of drug-likeness (QED) is 0.293. The lowest BCUT2D eigenvalue weighted by molar-refractivity contribution is -0.118. The molecule has 4 rings (SSSR count). The maximum Gasteiger partial charge on any atom is 0.137 e. The number of carbonyl (C=O) groups is 1. The number of hydrogen-bond acceptors (Lipinski definition) is 1. The smallest absolute Gasteiger partial charge is 0.137 e. The second-order valence-electron chi connectivity index (χ2n) is 11.5. The zero-order valence-electron chi connectivity index (χ0n) is 25.3. The summed E-state index contributed by atoms with van der Waals surface area (Å²) >= 11 is 0. The summed E-state index contributed by atoms with van der Waals surface area (Å²) < 4.78 is 0. The van der Waals surface area contributed by atoms with Gasteiger partial charge in [0.2, 0.25) is 0 Å². The molecule has 0 amide bonds. The van der Waals surface area contributed by atoms with Crippen LogP contribution >= 0.6 is 0 Å². The number of aryl methyl sites for hydroxylation is 2. The maximum atomic E-state index is 11.9. The molecule has 0 saturated heterocycles. The first kappa shape index (κ1) is 33.8. The Balaban J connectivity index is 0.000000347. The van der Waals surface area contributed by atoms with Gasteiger partial charge in [0.05, 0.1) is 0 Å². The van der Waals surface area contributed by atoms with Crippen LogP contribution in [0, 0.1) is 12.8 Å². The van der Waals surface area contributed by atoms with E-state index in [9.17, 15) is 4.79 Å². The van der Waals surface area contributed by atoms with E-state index in [4.69, 9.17) is 0 Å². The second kappa shape index (κ2) is 18.2. The molecular weight excluding hydrogens is 472 g/mol. The van der Waals surface area contributed by atoms with Crippen molar-refractivity contribution in [2.45, 2.75) is 90.9 Å². The van der Waals surface area contributed by atoms with Crippen LogP contribution in [0.15, 0.2) is 105 Å². The van der Waals surface area contributed by atoms with Gasteiger partial charge in [0.15, 0.2) is 0 Å². The first-order valence-corrected chi connectivity index (χ1v) is 14.4. The third-order valence-corrected chi connectivity index (χ3v) is 7.30. The van der Waals surface area contributed by atoms with Crippen LogP contribution in [0.3, 0.4) is 0 Å². The average molecular weight is 525 g/mol. The number of carbonyl (C=O) groups excluding carboxylic acids is 1. The SMILES string of the molecule is C=C.C=C.CC1CCC(c2cccc(C(C)(C)C)c2)CC1.Cc1ccc(CC(=O)CCc2ccccc2)cc1. The lowest BCUT2D eigenvalue weighted by atomic mass is 9.77. The fourth-order valence-corrected chi connectivity index (χ4v) is 4.80. The van der Waals surface area contributed by atoms with E-state index >= 15 is 0 Å². The molecule has 39 heavy (non-hydrogen) atoms. The molecule has 1 heteroatoms. The summed E-state index contributed by atoms with van der Waals surface area (Å²) in [6.45, 7) is 23.3. The van der Waals surface area contributed by atoms with Crippen LogP contribution in [-0.4, -0.2) is 5.78 Å². The standard InChI is InChI=1S/C17H18O.C17H26.2C2H4/c1-14-7-9-16(10-8-14)13-17(18)12-11-15-5-3-2-4-6-15;1-13-8-10-14(11-9-13)15-6-5-7-16(12-15)17(2,3)4;2*1-2/h2-10H,11-13H2,1H3;5-7,12-14H,8-11H2,1-4H3;2*1-2H2. The summed E-state index contributed by atoms with van der Waals surface area (Å²) in [5.74, 6) is 2.06. The van der Waals surface area contributed by atoms with Crippen LogP contribution in [0.4, 0.5) is 0 Å². The van der Waals surface area contributed by atoms with E-state index in [-0.39, 0.29) is 5.41 Å². The van der Waals surface area contributed by atoms with Crippen molar-refractivity contribution in [3.05, 3.63) is 133 Å². The van der Waals surface area contributed by atoms with Crippen molar-refractivity contribution in [3.63, 3.8) is 0 Å². The monoisotopic (exact) mass is 524 g/mol. The molecule has 0 atom stereocenters. The highest BCUT2D eigenvalue weighted by Gasteiger charge is 2.21. The number of ketones is 1. The number of rotatable bonds is 6. The molecule has 1 saturated carbocycles. The lowest BCUT2D eigenvalue weighted by Gasteiger charge is -2.28. The third-order valence-electron chi connectivity index (χ3n) is 7.30. The summed E-state index contributed by atoms with van der Waals surface area (Å²) in [5.41, 5.74) is 6.90. The Kier molecular flexibility index (Phi) is 15.8. The van der Waals surface area contributed by atoms with Gasteiger partial charge in [0, 0.05) is 12.8 Å². The molecule has 3 aromatic carbocycles. The van der Waals surface area contributed by atoms with Gasteiger partial charge < -0.3 is 0 Å². The van der Waals surface area contributed by atoms with E-state index in [1.807, 2.05) is 30.3 Å². The van der Waals surface area contributed by atoms with Crippen molar-refractivity contribution in [2.75, 3.05) is 0 Å². The second-order valence-corrected chi connectivity index (χ2v) is 11.5. The number of Topliss-reactive ketones (excluding diaryl/α,β-unsaturated/α-hetero) is 1. The fraction of sp³-hybridized carbons (Fsp3) is 0.395. The van der Waals surface area contributed by atoms with Crippen LogP contribution < -0.4 is 0 Å². The Morgan fingerprint density at radius 1 is 0.769 bits per heavy atom. The number of hydrogen-bond donors (Lipinski definition) is 0. The predicted octanol–water partition coefficient (Wildman–Crippen LogP) is 10.6. The number of benzene rings is 3. The van der Waals surface area contributed by atoms with Crippen molar-refractivity contribution >= 4 is 5.78 Å². The van der Waals surface area contributed by atoms with Crippen molar-refractivity contribution in [2.24, 2.45) is 5.92 Å². The highest BCUT2D eigenvalue weighted by atomic mass is 16.1. The summed E-state index contributed by atoms with van der Waals surface area (Å²) in [4.78, 5) is 11.9. The molecule has 3 aromatic rings. The van der Waals surface area contributed by atoms with Crippen LogP contribution in [0.25, 0.3) is 0 Å². The van der Waals surface area contributed by atoms with Crippen molar-refractivity contribution in [1.29, 1.82) is 0 Å². The summed E-state index contributed by atoms with van der Waals surface area (Å²) in [6.07, 6.45) is 7.59. The van der Waals surface area contributed by atoms with Crippen molar-refractivity contribution in [1.82, 2.24) is 0 Å². The van der Waals surface area contributed by atoms with E-state index in [0.29, 0.717) is 18.6 Å². The van der Waals surface area contributed by atoms with Gasteiger partial charge in [-0.05, 0) is 65.7 Å². The molecule has 1 aliphatic carbocycles. The molecule has 0 aliphatic heterocycles. The van der Waals surface area contributed by atoms with Crippen LogP contribution in [-0.2, 0) is 23.1 Å². The molecule has 210 valence electrons. The van der Waals surface area contributed by atoms with E-state index < -0.39 is 0 Å². The van der Waals surface area contributed by atoms with Gasteiger partial charge in [0.25, 0.3) is 0 Å². The van der Waals surface area contributed by atoms with E-state index in [1.54, 1.807) is 5.56 Å². The molecule has 0 radical (unpaired) electrons. The highest BCUT2D eigenvalue weighted by molar-refractivity contribution is 5.81.